The summed E-state index contributed by atoms with van der Waals surface area (Å²) in [6.45, 7) is 2.24. The van der Waals surface area contributed by atoms with Gasteiger partial charge in [-0.3, -0.25) is 14.3 Å². The molecule has 1 aliphatic carbocycles. The third kappa shape index (κ3) is 5.14. The number of hydrogen-bond acceptors (Lipinski definition) is 4. The summed E-state index contributed by atoms with van der Waals surface area (Å²) >= 11 is 0. The summed E-state index contributed by atoms with van der Waals surface area (Å²) in [6, 6.07) is 18.3. The van der Waals surface area contributed by atoms with Crippen LogP contribution in [-0.2, 0) is 18.4 Å². The van der Waals surface area contributed by atoms with E-state index in [4.69, 9.17) is 4.74 Å². The zero-order valence-electron chi connectivity index (χ0n) is 20.1. The van der Waals surface area contributed by atoms with Crippen LogP contribution in [0.3, 0.4) is 0 Å². The van der Waals surface area contributed by atoms with Crippen LogP contribution in [0.1, 0.15) is 38.2 Å². The maximum absolute atomic E-state index is 12.5. The van der Waals surface area contributed by atoms with Crippen molar-refractivity contribution >= 4 is 16.8 Å². The Morgan fingerprint density at radius 3 is 2.60 bits per heavy atom. The number of hydrogen-bond donors (Lipinski definition) is 1. The number of aryl methyl sites for hydroxylation is 1. The van der Waals surface area contributed by atoms with Crippen LogP contribution in [0.2, 0.25) is 0 Å². The highest BCUT2D eigenvalue weighted by atomic mass is 16.5. The predicted molar refractivity (Wildman–Crippen MR) is 136 cm³/mol. The second-order valence-corrected chi connectivity index (χ2v) is 9.35. The number of rotatable bonds is 6. The van der Waals surface area contributed by atoms with Crippen LogP contribution in [0.4, 0.5) is 0 Å². The lowest BCUT2D eigenvalue weighted by Gasteiger charge is -2.30. The Morgan fingerprint density at radius 2 is 1.86 bits per heavy atom. The molecule has 0 bridgehead atoms. The monoisotopic (exact) mass is 470 g/mol. The normalized spacial score (nSPS) is 17.9. The van der Waals surface area contributed by atoms with Gasteiger partial charge in [-0.25, -0.2) is 0 Å². The molecule has 0 radical (unpaired) electrons. The molecule has 0 unspecified atom stereocenters. The Hall–Kier alpha value is -3.87. The number of nitrogens with one attached hydrogen (secondary N) is 1. The standard InChI is InChI=1S/C28H30N4O3/c1-19(33)30-23-10-12-24(13-11-23)35-27-15-28(34)31(2)18-25(27)21-8-9-22-16-29-32(26(22)14-21)17-20-6-4-3-5-7-20/h3-9,14-16,18,23-24H,10-13,17H2,1-2H3,(H,30,33)/t23-,24-. The summed E-state index contributed by atoms with van der Waals surface area (Å²) in [4.78, 5) is 23.9. The molecule has 2 aromatic carbocycles. The van der Waals surface area contributed by atoms with Crippen molar-refractivity contribution in [3.8, 4) is 16.9 Å². The molecule has 1 aliphatic rings. The number of nitrogens with zero attached hydrogens (tertiary/aromatic N) is 3. The number of aromatic nitrogens is 3. The van der Waals surface area contributed by atoms with Crippen molar-refractivity contribution in [2.24, 2.45) is 7.05 Å². The summed E-state index contributed by atoms with van der Waals surface area (Å²) in [7, 11) is 1.76. The van der Waals surface area contributed by atoms with Gasteiger partial charge in [-0.1, -0.05) is 42.5 Å². The second kappa shape index (κ2) is 9.78. The van der Waals surface area contributed by atoms with E-state index in [1.54, 1.807) is 24.6 Å². The molecule has 180 valence electrons. The van der Waals surface area contributed by atoms with E-state index >= 15 is 0 Å². The van der Waals surface area contributed by atoms with Crippen molar-refractivity contribution < 1.29 is 9.53 Å². The number of ether oxygens (including phenoxy) is 1. The Labute approximate surface area is 204 Å². The Balaban J connectivity index is 1.44. The third-order valence-electron chi connectivity index (χ3n) is 6.70. The predicted octanol–water partition coefficient (Wildman–Crippen LogP) is 4.28. The molecular weight excluding hydrogens is 440 g/mol. The number of carbonyl (C=O) groups excluding carboxylic acids is 1. The average Bonchev–Trinajstić information content (AvgIpc) is 3.24. The van der Waals surface area contributed by atoms with E-state index in [1.165, 1.54) is 5.56 Å². The van der Waals surface area contributed by atoms with Gasteiger partial charge in [-0.15, -0.1) is 0 Å². The molecule has 4 aromatic rings. The van der Waals surface area contributed by atoms with E-state index in [0.29, 0.717) is 12.3 Å². The minimum absolute atomic E-state index is 0.00473. The van der Waals surface area contributed by atoms with Crippen molar-refractivity contribution in [1.82, 2.24) is 19.7 Å². The van der Waals surface area contributed by atoms with E-state index in [9.17, 15) is 9.59 Å². The van der Waals surface area contributed by atoms with Gasteiger partial charge in [0.25, 0.3) is 5.56 Å². The first-order valence-corrected chi connectivity index (χ1v) is 12.1. The average molecular weight is 471 g/mol. The van der Waals surface area contributed by atoms with Crippen LogP contribution in [0, 0.1) is 0 Å². The molecule has 7 nitrogen and oxygen atoms in total. The lowest BCUT2D eigenvalue weighted by Crippen LogP contribution is -2.38. The van der Waals surface area contributed by atoms with Gasteiger partial charge >= 0.3 is 0 Å². The summed E-state index contributed by atoms with van der Waals surface area (Å²) in [5.41, 5.74) is 3.96. The van der Waals surface area contributed by atoms with Gasteiger partial charge in [-0.05, 0) is 42.9 Å². The highest BCUT2D eigenvalue weighted by Crippen LogP contribution is 2.33. The Kier molecular flexibility index (Phi) is 6.40. The van der Waals surface area contributed by atoms with Crippen molar-refractivity contribution in [3.63, 3.8) is 0 Å². The summed E-state index contributed by atoms with van der Waals surface area (Å²) in [5.74, 6) is 0.606. The molecule has 0 spiro atoms. The van der Waals surface area contributed by atoms with Crippen LogP contribution < -0.4 is 15.6 Å². The molecule has 0 atom stereocenters. The van der Waals surface area contributed by atoms with E-state index in [1.807, 2.05) is 35.3 Å². The minimum atomic E-state index is -0.106. The highest BCUT2D eigenvalue weighted by molar-refractivity contribution is 5.85. The number of amides is 1. The van der Waals surface area contributed by atoms with Crippen molar-refractivity contribution in [3.05, 3.63) is 82.9 Å². The quantitative estimate of drug-likeness (QED) is 0.456. The molecule has 5 rings (SSSR count). The zero-order chi connectivity index (χ0) is 24.4. The number of pyridine rings is 1. The lowest BCUT2D eigenvalue weighted by atomic mass is 9.93. The SMILES string of the molecule is CC(=O)N[C@H]1CC[C@H](Oc2cc(=O)n(C)cc2-c2ccc3cnn(Cc4ccccc4)c3c2)CC1. The fraction of sp³-hybridized carbons (Fsp3) is 0.321. The first-order chi connectivity index (χ1) is 17.0. The maximum Gasteiger partial charge on any atom is 0.254 e. The van der Waals surface area contributed by atoms with Crippen LogP contribution in [-0.4, -0.2) is 32.4 Å². The maximum atomic E-state index is 12.5. The topological polar surface area (TPSA) is 78.2 Å². The van der Waals surface area contributed by atoms with E-state index in [2.05, 4.69) is 40.7 Å². The van der Waals surface area contributed by atoms with Crippen LogP contribution >= 0.6 is 0 Å². The first kappa shape index (κ1) is 22.9. The fourth-order valence-corrected chi connectivity index (χ4v) is 4.84. The highest BCUT2D eigenvalue weighted by Gasteiger charge is 2.24. The number of fused-ring (bicyclic) bond motifs is 1. The second-order valence-electron chi connectivity index (χ2n) is 9.35. The summed E-state index contributed by atoms with van der Waals surface area (Å²) < 4.78 is 9.99. The molecule has 0 saturated heterocycles. The molecule has 1 N–H and O–H groups in total. The molecule has 35 heavy (non-hydrogen) atoms. The smallest absolute Gasteiger partial charge is 0.254 e. The van der Waals surface area contributed by atoms with Gasteiger partial charge in [-0.2, -0.15) is 5.10 Å². The molecular formula is C28H30N4O3. The van der Waals surface area contributed by atoms with E-state index < -0.39 is 0 Å². The van der Waals surface area contributed by atoms with Crippen LogP contribution in [0.15, 0.2) is 71.8 Å². The van der Waals surface area contributed by atoms with Gasteiger partial charge < -0.3 is 14.6 Å². The Morgan fingerprint density at radius 1 is 1.09 bits per heavy atom. The third-order valence-corrected chi connectivity index (χ3v) is 6.70. The van der Waals surface area contributed by atoms with E-state index in [-0.39, 0.29) is 23.6 Å². The van der Waals surface area contributed by atoms with Gasteiger partial charge in [0.15, 0.2) is 0 Å². The zero-order valence-corrected chi connectivity index (χ0v) is 20.1. The van der Waals surface area contributed by atoms with Crippen molar-refractivity contribution in [1.29, 1.82) is 0 Å². The number of carbonyl (C=O) groups is 1. The van der Waals surface area contributed by atoms with E-state index in [0.717, 1.165) is 47.7 Å². The summed E-state index contributed by atoms with van der Waals surface area (Å²) in [5, 5.41) is 8.66. The van der Waals surface area contributed by atoms with Gasteiger partial charge in [0.1, 0.15) is 5.75 Å². The molecule has 2 heterocycles. The largest absolute Gasteiger partial charge is 0.490 e. The van der Waals surface area contributed by atoms with Gasteiger partial charge in [0, 0.05) is 43.2 Å². The van der Waals surface area contributed by atoms with Crippen molar-refractivity contribution in [2.75, 3.05) is 0 Å². The number of benzene rings is 2. The molecule has 1 fully saturated rings. The first-order valence-electron chi connectivity index (χ1n) is 12.1. The molecule has 1 saturated carbocycles. The van der Waals surface area contributed by atoms with Crippen LogP contribution in [0.25, 0.3) is 22.0 Å². The Bertz CT molecular complexity index is 1400. The van der Waals surface area contributed by atoms with Gasteiger partial charge in [0.05, 0.1) is 24.4 Å². The lowest BCUT2D eigenvalue weighted by molar-refractivity contribution is -0.120. The van der Waals surface area contributed by atoms with Crippen LogP contribution in [0.5, 0.6) is 5.75 Å². The summed E-state index contributed by atoms with van der Waals surface area (Å²) in [6.07, 6.45) is 7.15. The molecule has 2 aromatic heterocycles. The molecule has 0 aliphatic heterocycles. The van der Waals surface area contributed by atoms with Gasteiger partial charge in [0.2, 0.25) is 5.91 Å². The van der Waals surface area contributed by atoms with Crippen molar-refractivity contribution in [2.45, 2.75) is 51.3 Å². The molecule has 7 heteroatoms. The molecule has 1 amide bonds. The fourth-order valence-electron chi connectivity index (χ4n) is 4.84. The minimum Gasteiger partial charge on any atom is -0.490 e.